The Hall–Kier alpha value is -2.63. The van der Waals surface area contributed by atoms with Gasteiger partial charge in [-0.05, 0) is 31.2 Å². The van der Waals surface area contributed by atoms with Gasteiger partial charge in [0.1, 0.15) is 0 Å². The minimum absolute atomic E-state index is 0.126. The summed E-state index contributed by atoms with van der Waals surface area (Å²) < 4.78 is 4.88. The fourth-order valence-corrected chi connectivity index (χ4v) is 1.34. The molecule has 2 aromatic heterocycles. The average Bonchev–Trinajstić information content (AvgIpc) is 2.89. The monoisotopic (exact) mass is 245 g/mol. The molecule has 92 valence electrons. The number of aryl methyl sites for hydroxylation is 1. The summed E-state index contributed by atoms with van der Waals surface area (Å²) in [7, 11) is 0. The van der Waals surface area contributed by atoms with Crippen LogP contribution in [0.5, 0.6) is 0 Å². The van der Waals surface area contributed by atoms with E-state index >= 15 is 0 Å². The van der Waals surface area contributed by atoms with E-state index in [9.17, 15) is 9.59 Å². The van der Waals surface area contributed by atoms with Crippen LogP contribution in [0.1, 0.15) is 26.6 Å². The molecule has 0 unspecified atom stereocenters. The second kappa shape index (κ2) is 5.13. The molecule has 2 N–H and O–H groups in total. The molecule has 18 heavy (non-hydrogen) atoms. The van der Waals surface area contributed by atoms with Crippen LogP contribution in [0.25, 0.3) is 0 Å². The van der Waals surface area contributed by atoms with E-state index in [1.54, 1.807) is 25.1 Å². The molecule has 0 saturated heterocycles. The van der Waals surface area contributed by atoms with Gasteiger partial charge in [0.05, 0.1) is 6.26 Å². The molecule has 0 aliphatic heterocycles. The van der Waals surface area contributed by atoms with E-state index in [2.05, 4.69) is 15.8 Å². The first-order valence-corrected chi connectivity index (χ1v) is 5.23. The maximum atomic E-state index is 11.7. The van der Waals surface area contributed by atoms with Gasteiger partial charge < -0.3 is 4.42 Å². The molecule has 2 heterocycles. The van der Waals surface area contributed by atoms with Crippen LogP contribution in [0.2, 0.25) is 0 Å². The predicted octanol–water partition coefficient (Wildman–Crippen LogP) is 1.06. The van der Waals surface area contributed by atoms with Gasteiger partial charge in [0, 0.05) is 17.5 Å². The van der Waals surface area contributed by atoms with E-state index in [-0.39, 0.29) is 5.76 Å². The number of rotatable bonds is 2. The Labute approximate surface area is 103 Å². The first-order valence-electron chi connectivity index (χ1n) is 5.23. The highest BCUT2D eigenvalue weighted by molar-refractivity contribution is 5.97. The van der Waals surface area contributed by atoms with Crippen molar-refractivity contribution in [3.05, 3.63) is 53.7 Å². The predicted molar refractivity (Wildman–Crippen MR) is 62.6 cm³/mol. The summed E-state index contributed by atoms with van der Waals surface area (Å²) in [5.41, 5.74) is 5.68. The van der Waals surface area contributed by atoms with Crippen molar-refractivity contribution in [2.75, 3.05) is 0 Å². The number of hydrogen-bond acceptors (Lipinski definition) is 4. The second-order valence-corrected chi connectivity index (χ2v) is 3.57. The summed E-state index contributed by atoms with van der Waals surface area (Å²) in [5, 5.41) is 0. The zero-order chi connectivity index (χ0) is 13.0. The van der Waals surface area contributed by atoms with Crippen LogP contribution in [0.4, 0.5) is 0 Å². The molecule has 0 saturated carbocycles. The third kappa shape index (κ3) is 2.73. The Morgan fingerprint density at radius 2 is 2.00 bits per heavy atom. The van der Waals surface area contributed by atoms with E-state index in [1.165, 1.54) is 18.5 Å². The maximum Gasteiger partial charge on any atom is 0.305 e. The van der Waals surface area contributed by atoms with Crippen molar-refractivity contribution in [1.82, 2.24) is 15.8 Å². The summed E-state index contributed by atoms with van der Waals surface area (Å²) in [4.78, 5) is 27.1. The number of carbonyl (C=O) groups is 2. The lowest BCUT2D eigenvalue weighted by atomic mass is 10.2. The van der Waals surface area contributed by atoms with Crippen molar-refractivity contribution in [3.8, 4) is 0 Å². The van der Waals surface area contributed by atoms with Crippen molar-refractivity contribution in [2.24, 2.45) is 0 Å². The van der Waals surface area contributed by atoms with Gasteiger partial charge in [-0.15, -0.1) is 0 Å². The lowest BCUT2D eigenvalue weighted by Gasteiger charge is -2.05. The molecule has 0 spiro atoms. The molecule has 0 atom stereocenters. The molecule has 6 nitrogen and oxygen atoms in total. The summed E-state index contributed by atoms with van der Waals surface area (Å²) in [6.45, 7) is 1.78. The van der Waals surface area contributed by atoms with Gasteiger partial charge in [-0.25, -0.2) is 0 Å². The second-order valence-electron chi connectivity index (χ2n) is 3.57. The van der Waals surface area contributed by atoms with Crippen molar-refractivity contribution in [3.63, 3.8) is 0 Å². The number of hydrazine groups is 1. The van der Waals surface area contributed by atoms with Gasteiger partial charge in [-0.2, -0.15) is 0 Å². The van der Waals surface area contributed by atoms with Gasteiger partial charge in [0.2, 0.25) is 0 Å². The molecule has 0 aliphatic rings. The minimum Gasteiger partial charge on any atom is -0.459 e. The van der Waals surface area contributed by atoms with Crippen LogP contribution >= 0.6 is 0 Å². The van der Waals surface area contributed by atoms with Gasteiger partial charge in [-0.3, -0.25) is 25.4 Å². The smallest absolute Gasteiger partial charge is 0.305 e. The molecule has 0 bridgehead atoms. The highest BCUT2D eigenvalue weighted by Gasteiger charge is 2.10. The topological polar surface area (TPSA) is 84.2 Å². The standard InChI is InChI=1S/C12H11N3O3/c1-8-7-9(4-5-13-8)11(16)14-15-12(17)10-3-2-6-18-10/h2-7H,1H3,(H,14,16)(H,15,17). The lowest BCUT2D eigenvalue weighted by Crippen LogP contribution is -2.41. The molecule has 6 heteroatoms. The molecular weight excluding hydrogens is 234 g/mol. The fourth-order valence-electron chi connectivity index (χ4n) is 1.34. The fraction of sp³-hybridized carbons (Fsp3) is 0.0833. The SMILES string of the molecule is Cc1cc(C(=O)NNC(=O)c2ccco2)ccn1. The van der Waals surface area contributed by atoms with Crippen molar-refractivity contribution < 1.29 is 14.0 Å². The Bertz CT molecular complexity index is 564. The quantitative estimate of drug-likeness (QED) is 0.775. The summed E-state index contributed by atoms with van der Waals surface area (Å²) in [6, 6.07) is 6.26. The van der Waals surface area contributed by atoms with Crippen LogP contribution in [0.15, 0.2) is 41.1 Å². The van der Waals surface area contributed by atoms with Crippen LogP contribution in [-0.4, -0.2) is 16.8 Å². The number of aromatic nitrogens is 1. The Balaban J connectivity index is 1.95. The molecular formula is C12H11N3O3. The molecule has 0 aromatic carbocycles. The molecule has 0 fully saturated rings. The van der Waals surface area contributed by atoms with Crippen molar-refractivity contribution in [1.29, 1.82) is 0 Å². The summed E-state index contributed by atoms with van der Waals surface area (Å²) >= 11 is 0. The molecule has 0 aliphatic carbocycles. The zero-order valence-corrected chi connectivity index (χ0v) is 9.64. The minimum atomic E-state index is -0.515. The number of nitrogens with zero attached hydrogens (tertiary/aromatic N) is 1. The number of hydrogen-bond donors (Lipinski definition) is 2. The Morgan fingerprint density at radius 3 is 2.67 bits per heavy atom. The third-order valence-corrected chi connectivity index (χ3v) is 2.19. The van der Waals surface area contributed by atoms with Crippen molar-refractivity contribution >= 4 is 11.8 Å². The summed E-state index contributed by atoms with van der Waals surface area (Å²) in [5.74, 6) is -0.805. The van der Waals surface area contributed by atoms with Gasteiger partial charge in [0.15, 0.2) is 5.76 Å². The number of nitrogens with one attached hydrogen (secondary N) is 2. The zero-order valence-electron chi connectivity index (χ0n) is 9.64. The number of furan rings is 1. The molecule has 0 radical (unpaired) electrons. The molecule has 2 amide bonds. The Kier molecular flexibility index (Phi) is 3.38. The molecule has 2 rings (SSSR count). The van der Waals surface area contributed by atoms with Crippen LogP contribution < -0.4 is 10.9 Å². The number of amides is 2. The van der Waals surface area contributed by atoms with Gasteiger partial charge >= 0.3 is 5.91 Å². The third-order valence-electron chi connectivity index (χ3n) is 2.19. The van der Waals surface area contributed by atoms with E-state index < -0.39 is 11.8 Å². The largest absolute Gasteiger partial charge is 0.459 e. The van der Waals surface area contributed by atoms with Gasteiger partial charge in [0.25, 0.3) is 5.91 Å². The van der Waals surface area contributed by atoms with Crippen molar-refractivity contribution in [2.45, 2.75) is 6.92 Å². The molecule has 2 aromatic rings. The van der Waals surface area contributed by atoms with Crippen LogP contribution in [0.3, 0.4) is 0 Å². The first-order chi connectivity index (χ1) is 8.66. The Morgan fingerprint density at radius 1 is 1.22 bits per heavy atom. The van der Waals surface area contributed by atoms with E-state index in [1.807, 2.05) is 0 Å². The van der Waals surface area contributed by atoms with E-state index in [0.717, 1.165) is 5.69 Å². The van der Waals surface area contributed by atoms with Crippen LogP contribution in [0, 0.1) is 6.92 Å². The normalized spacial score (nSPS) is 9.83. The number of carbonyl (C=O) groups excluding carboxylic acids is 2. The number of pyridine rings is 1. The van der Waals surface area contributed by atoms with E-state index in [4.69, 9.17) is 4.42 Å². The summed E-state index contributed by atoms with van der Waals surface area (Å²) in [6.07, 6.45) is 2.90. The van der Waals surface area contributed by atoms with E-state index in [0.29, 0.717) is 5.56 Å². The highest BCUT2D eigenvalue weighted by atomic mass is 16.3. The van der Waals surface area contributed by atoms with Gasteiger partial charge in [-0.1, -0.05) is 0 Å². The maximum absolute atomic E-state index is 11.7. The first kappa shape index (κ1) is 11.8. The van der Waals surface area contributed by atoms with Crippen LogP contribution in [-0.2, 0) is 0 Å². The lowest BCUT2D eigenvalue weighted by molar-refractivity contribution is 0.0831. The highest BCUT2D eigenvalue weighted by Crippen LogP contribution is 2.01. The average molecular weight is 245 g/mol.